The first kappa shape index (κ1) is 14.9. The molecular weight excluding hydrogens is 302 g/mol. The van der Waals surface area contributed by atoms with Gasteiger partial charge in [-0.1, -0.05) is 0 Å². The lowest BCUT2D eigenvalue weighted by Crippen LogP contribution is -2.53. The molecule has 1 aromatic carbocycles. The third-order valence-electron chi connectivity index (χ3n) is 4.24. The van der Waals surface area contributed by atoms with Crippen LogP contribution in [-0.2, 0) is 0 Å². The van der Waals surface area contributed by atoms with Gasteiger partial charge in [-0.15, -0.1) is 11.3 Å². The second kappa shape index (κ2) is 5.33. The van der Waals surface area contributed by atoms with Crippen LogP contribution in [-0.4, -0.2) is 22.9 Å². The van der Waals surface area contributed by atoms with E-state index < -0.39 is 4.92 Å². The molecule has 0 aliphatic heterocycles. The van der Waals surface area contributed by atoms with Crippen LogP contribution >= 0.6 is 11.3 Å². The lowest BCUT2D eigenvalue weighted by Gasteiger charge is -2.29. The predicted octanol–water partition coefficient (Wildman–Crippen LogP) is 2.67. The Balaban J connectivity index is 1.86. The number of rotatable bonds is 5. The highest BCUT2D eigenvalue weighted by Crippen LogP contribution is 2.39. The first-order valence-corrected chi connectivity index (χ1v) is 7.95. The van der Waals surface area contributed by atoms with Crippen molar-refractivity contribution in [2.75, 3.05) is 6.54 Å². The van der Waals surface area contributed by atoms with Crippen LogP contribution in [0.4, 0.5) is 5.69 Å². The minimum atomic E-state index is -0.435. The number of nitrogens with zero attached hydrogens (tertiary/aromatic N) is 1. The summed E-state index contributed by atoms with van der Waals surface area (Å²) in [6.07, 6.45) is 2.18. The lowest BCUT2D eigenvalue weighted by atomic mass is 9.96. The maximum absolute atomic E-state index is 12.4. The van der Waals surface area contributed by atoms with E-state index in [9.17, 15) is 14.9 Å². The van der Waals surface area contributed by atoms with Crippen LogP contribution in [0.2, 0.25) is 0 Å². The molecule has 2 aromatic rings. The zero-order valence-electron chi connectivity index (χ0n) is 12.2. The fraction of sp³-hybridized carbons (Fsp3) is 0.400. The van der Waals surface area contributed by atoms with Crippen molar-refractivity contribution in [3.8, 4) is 0 Å². The van der Waals surface area contributed by atoms with Crippen molar-refractivity contribution in [1.29, 1.82) is 0 Å². The molecule has 7 heteroatoms. The summed E-state index contributed by atoms with van der Waals surface area (Å²) in [5.74, 6) is 0.278. The third-order valence-corrected chi connectivity index (χ3v) is 5.35. The molecule has 1 aliphatic carbocycles. The van der Waals surface area contributed by atoms with Gasteiger partial charge in [0.1, 0.15) is 0 Å². The monoisotopic (exact) mass is 319 g/mol. The average molecular weight is 319 g/mol. The molecule has 3 N–H and O–H groups in total. The van der Waals surface area contributed by atoms with Gasteiger partial charge in [-0.2, -0.15) is 0 Å². The normalized spacial score (nSPS) is 17.2. The highest BCUT2D eigenvalue weighted by atomic mass is 32.1. The second-order valence-corrected chi connectivity index (χ2v) is 7.02. The van der Waals surface area contributed by atoms with Crippen molar-refractivity contribution in [3.05, 3.63) is 39.3 Å². The molecule has 22 heavy (non-hydrogen) atoms. The zero-order chi connectivity index (χ0) is 15.9. The summed E-state index contributed by atoms with van der Waals surface area (Å²) in [6.45, 7) is 2.38. The molecule has 1 amide bonds. The number of nitrogens with two attached hydrogens (primary N) is 1. The quantitative estimate of drug-likeness (QED) is 0.654. The van der Waals surface area contributed by atoms with Gasteiger partial charge in [0.25, 0.3) is 11.6 Å². The van der Waals surface area contributed by atoms with Gasteiger partial charge in [0.2, 0.25) is 0 Å². The van der Waals surface area contributed by atoms with E-state index in [0.29, 0.717) is 22.7 Å². The number of carbonyl (C=O) groups excluding carboxylic acids is 1. The molecule has 0 radical (unpaired) electrons. The summed E-state index contributed by atoms with van der Waals surface area (Å²) in [5.41, 5.74) is 5.47. The number of hydrogen-bond donors (Lipinski definition) is 2. The van der Waals surface area contributed by atoms with Gasteiger partial charge in [-0.25, -0.2) is 0 Å². The topological polar surface area (TPSA) is 98.3 Å². The van der Waals surface area contributed by atoms with Crippen LogP contribution < -0.4 is 11.1 Å². The molecule has 1 unspecified atom stereocenters. The van der Waals surface area contributed by atoms with E-state index >= 15 is 0 Å². The van der Waals surface area contributed by atoms with Gasteiger partial charge in [-0.3, -0.25) is 14.9 Å². The Morgan fingerprint density at radius 1 is 1.50 bits per heavy atom. The van der Waals surface area contributed by atoms with Crippen molar-refractivity contribution in [3.63, 3.8) is 0 Å². The van der Waals surface area contributed by atoms with Crippen LogP contribution in [0.5, 0.6) is 0 Å². The smallest absolute Gasteiger partial charge is 0.270 e. The largest absolute Gasteiger partial charge is 0.345 e. The predicted molar refractivity (Wildman–Crippen MR) is 86.1 cm³/mol. The molecule has 3 rings (SSSR count). The van der Waals surface area contributed by atoms with Crippen molar-refractivity contribution in [1.82, 2.24) is 5.32 Å². The minimum Gasteiger partial charge on any atom is -0.345 e. The van der Waals surface area contributed by atoms with Crippen molar-refractivity contribution < 1.29 is 9.72 Å². The molecule has 6 nitrogen and oxygen atoms in total. The lowest BCUT2D eigenvalue weighted by molar-refractivity contribution is -0.384. The van der Waals surface area contributed by atoms with Crippen LogP contribution in [0.1, 0.15) is 29.4 Å². The Bertz CT molecular complexity index is 754. The van der Waals surface area contributed by atoms with Crippen LogP contribution in [0.15, 0.2) is 24.3 Å². The van der Waals surface area contributed by atoms with Gasteiger partial charge >= 0.3 is 0 Å². The van der Waals surface area contributed by atoms with Gasteiger partial charge in [0.05, 0.1) is 15.3 Å². The van der Waals surface area contributed by atoms with Gasteiger partial charge in [0.15, 0.2) is 0 Å². The fourth-order valence-electron chi connectivity index (χ4n) is 2.62. The van der Waals surface area contributed by atoms with Crippen molar-refractivity contribution >= 4 is 33.0 Å². The fourth-order valence-corrected chi connectivity index (χ4v) is 3.56. The molecule has 1 atom stereocenters. The summed E-state index contributed by atoms with van der Waals surface area (Å²) < 4.78 is 0.858. The first-order chi connectivity index (χ1) is 10.4. The third kappa shape index (κ3) is 2.69. The molecule has 0 saturated heterocycles. The second-order valence-electron chi connectivity index (χ2n) is 5.94. The summed E-state index contributed by atoms with van der Waals surface area (Å²) >= 11 is 1.33. The molecule has 1 aliphatic rings. The Morgan fingerprint density at radius 3 is 2.82 bits per heavy atom. The summed E-state index contributed by atoms with van der Waals surface area (Å²) in [6, 6.07) is 6.32. The summed E-state index contributed by atoms with van der Waals surface area (Å²) in [7, 11) is 0. The highest BCUT2D eigenvalue weighted by Gasteiger charge is 2.41. The molecule has 116 valence electrons. The number of carbonyl (C=O) groups is 1. The van der Waals surface area contributed by atoms with Gasteiger partial charge < -0.3 is 11.1 Å². The standard InChI is InChI=1S/C15H17N3O3S/c1-15(8-16,10-2-3-10)17-14(19)13-7-9-6-11(18(20)21)4-5-12(9)22-13/h4-7,10H,2-3,8,16H2,1H3,(H,17,19). The number of nitro groups is 1. The summed E-state index contributed by atoms with van der Waals surface area (Å²) in [4.78, 5) is 23.4. The van der Waals surface area contributed by atoms with Crippen molar-refractivity contribution in [2.24, 2.45) is 11.7 Å². The van der Waals surface area contributed by atoms with Crippen LogP contribution in [0.25, 0.3) is 10.1 Å². The molecular formula is C15H17N3O3S. The van der Waals surface area contributed by atoms with Crippen LogP contribution in [0, 0.1) is 16.0 Å². The van der Waals surface area contributed by atoms with Gasteiger partial charge in [-0.05, 0) is 37.8 Å². The van der Waals surface area contributed by atoms with E-state index in [1.54, 1.807) is 12.1 Å². The Morgan fingerprint density at radius 2 is 2.23 bits per heavy atom. The van der Waals surface area contributed by atoms with E-state index in [4.69, 9.17) is 5.73 Å². The molecule has 1 heterocycles. The van der Waals surface area contributed by atoms with Crippen LogP contribution in [0.3, 0.4) is 0 Å². The molecule has 1 fully saturated rings. The number of nitrogens with one attached hydrogen (secondary N) is 1. The van der Waals surface area contributed by atoms with E-state index in [2.05, 4.69) is 5.32 Å². The van der Waals surface area contributed by atoms with E-state index in [1.165, 1.54) is 23.5 Å². The first-order valence-electron chi connectivity index (χ1n) is 7.13. The number of hydrogen-bond acceptors (Lipinski definition) is 5. The number of nitro benzene ring substituents is 1. The maximum Gasteiger partial charge on any atom is 0.270 e. The molecule has 0 spiro atoms. The Kier molecular flexibility index (Phi) is 3.62. The Hall–Kier alpha value is -1.99. The number of non-ortho nitro benzene ring substituents is 1. The average Bonchev–Trinajstić information content (AvgIpc) is 3.26. The van der Waals surface area contributed by atoms with E-state index in [1.807, 2.05) is 6.92 Å². The van der Waals surface area contributed by atoms with Gasteiger partial charge in [0, 0.05) is 28.8 Å². The number of amides is 1. The number of fused-ring (bicyclic) bond motifs is 1. The molecule has 0 bridgehead atoms. The number of benzene rings is 1. The molecule has 1 saturated carbocycles. The van der Waals surface area contributed by atoms with Crippen molar-refractivity contribution in [2.45, 2.75) is 25.3 Å². The highest BCUT2D eigenvalue weighted by molar-refractivity contribution is 7.20. The minimum absolute atomic E-state index is 0.0297. The maximum atomic E-state index is 12.4. The SMILES string of the molecule is CC(CN)(NC(=O)c1cc2cc([N+](=O)[O-])ccc2s1)C1CC1. The summed E-state index contributed by atoms with van der Waals surface area (Å²) in [5, 5.41) is 14.6. The molecule has 1 aromatic heterocycles. The Labute approximate surface area is 131 Å². The van der Waals surface area contributed by atoms with E-state index in [-0.39, 0.29) is 17.1 Å². The zero-order valence-corrected chi connectivity index (χ0v) is 13.0. The van der Waals surface area contributed by atoms with E-state index in [0.717, 1.165) is 17.5 Å². The number of thiophene rings is 1.